The molecule has 3 aromatic rings. The van der Waals surface area contributed by atoms with E-state index in [2.05, 4.69) is 16.9 Å². The predicted molar refractivity (Wildman–Crippen MR) is 121 cm³/mol. The number of piperazine rings is 1. The lowest BCUT2D eigenvalue weighted by molar-refractivity contribution is -0.129. The topological polar surface area (TPSA) is 69.3 Å². The summed E-state index contributed by atoms with van der Waals surface area (Å²) < 4.78 is 0. The summed E-state index contributed by atoms with van der Waals surface area (Å²) in [7, 11) is 0. The lowest BCUT2D eigenvalue weighted by atomic mass is 10.2. The van der Waals surface area contributed by atoms with Gasteiger partial charge < -0.3 is 14.8 Å². The van der Waals surface area contributed by atoms with Gasteiger partial charge in [0.05, 0.1) is 22.0 Å². The highest BCUT2D eigenvalue weighted by atomic mass is 35.5. The Hall–Kier alpha value is -2.51. The molecule has 30 heavy (non-hydrogen) atoms. The minimum absolute atomic E-state index is 0.0216. The van der Waals surface area contributed by atoms with Crippen LogP contribution in [0.1, 0.15) is 28.4 Å². The zero-order valence-electron chi connectivity index (χ0n) is 16.7. The summed E-state index contributed by atoms with van der Waals surface area (Å²) >= 11 is 7.46. The fourth-order valence-electron chi connectivity index (χ4n) is 3.47. The molecule has 6 nitrogen and oxygen atoms in total. The van der Waals surface area contributed by atoms with Crippen LogP contribution in [-0.2, 0) is 4.79 Å². The van der Waals surface area contributed by atoms with Gasteiger partial charge in [0.1, 0.15) is 5.82 Å². The maximum atomic E-state index is 12.6. The molecule has 2 amide bonds. The van der Waals surface area contributed by atoms with Gasteiger partial charge in [0, 0.05) is 36.8 Å². The molecule has 1 aromatic heterocycles. The van der Waals surface area contributed by atoms with Gasteiger partial charge in [-0.25, -0.2) is 4.98 Å². The summed E-state index contributed by atoms with van der Waals surface area (Å²) in [4.78, 5) is 36.8. The highest BCUT2D eigenvalue weighted by Gasteiger charge is 2.25. The highest BCUT2D eigenvalue weighted by Crippen LogP contribution is 2.28. The SMILES string of the molecule is CC(SCC(=O)N1CCN(C(=O)c2ccc(Cl)cc2)CC1)c1nc2ccccc2[nH]1. The highest BCUT2D eigenvalue weighted by molar-refractivity contribution is 8.00. The van der Waals surface area contributed by atoms with Crippen LogP contribution in [0.3, 0.4) is 0 Å². The van der Waals surface area contributed by atoms with Crippen LogP contribution in [-0.4, -0.2) is 63.5 Å². The van der Waals surface area contributed by atoms with E-state index in [1.165, 1.54) is 0 Å². The summed E-state index contributed by atoms with van der Waals surface area (Å²) in [6.45, 7) is 4.24. The summed E-state index contributed by atoms with van der Waals surface area (Å²) in [5.74, 6) is 1.35. The van der Waals surface area contributed by atoms with E-state index in [0.717, 1.165) is 16.9 Å². The first-order valence-electron chi connectivity index (χ1n) is 9.90. The number of para-hydroxylation sites is 2. The van der Waals surface area contributed by atoms with Crippen molar-refractivity contribution in [2.75, 3.05) is 31.9 Å². The lowest BCUT2D eigenvalue weighted by Crippen LogP contribution is -2.51. The Kier molecular flexibility index (Phi) is 6.29. The Morgan fingerprint density at radius 1 is 1.07 bits per heavy atom. The van der Waals surface area contributed by atoms with Crippen molar-refractivity contribution >= 4 is 46.2 Å². The fourth-order valence-corrected chi connectivity index (χ4v) is 4.44. The van der Waals surface area contributed by atoms with E-state index in [1.54, 1.807) is 40.9 Å². The number of carbonyl (C=O) groups excluding carboxylic acids is 2. The molecule has 8 heteroatoms. The standard InChI is InChI=1S/C22H23ClN4O2S/c1-15(21-24-18-4-2-3-5-19(18)25-21)30-14-20(28)26-10-12-27(13-11-26)22(29)16-6-8-17(23)9-7-16/h2-9,15H,10-14H2,1H3,(H,24,25). The van der Waals surface area contributed by atoms with Crippen molar-refractivity contribution in [1.29, 1.82) is 0 Å². The number of thioether (sulfide) groups is 1. The summed E-state index contributed by atoms with van der Waals surface area (Å²) in [5, 5.41) is 0.700. The van der Waals surface area contributed by atoms with Crippen molar-refractivity contribution in [3.8, 4) is 0 Å². The molecular weight excluding hydrogens is 420 g/mol. The molecule has 2 aromatic carbocycles. The van der Waals surface area contributed by atoms with E-state index in [1.807, 2.05) is 29.2 Å². The number of hydrogen-bond acceptors (Lipinski definition) is 4. The van der Waals surface area contributed by atoms with E-state index in [0.29, 0.717) is 42.5 Å². The van der Waals surface area contributed by atoms with Gasteiger partial charge in [0.2, 0.25) is 5.91 Å². The van der Waals surface area contributed by atoms with Gasteiger partial charge in [0.25, 0.3) is 5.91 Å². The molecule has 1 N–H and O–H groups in total. The number of fused-ring (bicyclic) bond motifs is 1. The molecule has 1 unspecified atom stereocenters. The Balaban J connectivity index is 1.27. The molecule has 156 valence electrons. The average molecular weight is 443 g/mol. The summed E-state index contributed by atoms with van der Waals surface area (Å²) in [6, 6.07) is 14.8. The molecule has 1 saturated heterocycles. The first-order chi connectivity index (χ1) is 14.5. The molecule has 2 heterocycles. The number of hydrogen-bond donors (Lipinski definition) is 1. The number of aromatic amines is 1. The van der Waals surface area contributed by atoms with Crippen molar-refractivity contribution in [2.24, 2.45) is 0 Å². The maximum Gasteiger partial charge on any atom is 0.253 e. The van der Waals surface area contributed by atoms with Crippen molar-refractivity contribution in [3.63, 3.8) is 0 Å². The average Bonchev–Trinajstić information content (AvgIpc) is 3.22. The van der Waals surface area contributed by atoms with Crippen LogP contribution in [0.5, 0.6) is 0 Å². The van der Waals surface area contributed by atoms with Crippen LogP contribution in [0.25, 0.3) is 11.0 Å². The van der Waals surface area contributed by atoms with Crippen molar-refractivity contribution in [2.45, 2.75) is 12.2 Å². The van der Waals surface area contributed by atoms with E-state index in [-0.39, 0.29) is 17.1 Å². The van der Waals surface area contributed by atoms with E-state index >= 15 is 0 Å². The lowest BCUT2D eigenvalue weighted by Gasteiger charge is -2.35. The van der Waals surface area contributed by atoms with Gasteiger partial charge in [-0.1, -0.05) is 23.7 Å². The second-order valence-corrected chi connectivity index (χ2v) is 9.04. The zero-order chi connectivity index (χ0) is 21.1. The van der Waals surface area contributed by atoms with Crippen molar-refractivity contribution < 1.29 is 9.59 Å². The number of carbonyl (C=O) groups is 2. The quantitative estimate of drug-likeness (QED) is 0.648. The van der Waals surface area contributed by atoms with Crippen LogP contribution in [0, 0.1) is 0 Å². The largest absolute Gasteiger partial charge is 0.341 e. The number of halogens is 1. The van der Waals surface area contributed by atoms with Gasteiger partial charge in [-0.05, 0) is 43.3 Å². The molecule has 0 aliphatic carbocycles. The van der Waals surface area contributed by atoms with Gasteiger partial charge in [-0.2, -0.15) is 0 Å². The third-order valence-electron chi connectivity index (χ3n) is 5.26. The van der Waals surface area contributed by atoms with Crippen LogP contribution in [0.2, 0.25) is 5.02 Å². The number of rotatable bonds is 5. The summed E-state index contributed by atoms with van der Waals surface area (Å²) in [5.41, 5.74) is 2.56. The van der Waals surface area contributed by atoms with Crippen LogP contribution < -0.4 is 0 Å². The number of amides is 2. The van der Waals surface area contributed by atoms with Crippen LogP contribution in [0.4, 0.5) is 0 Å². The van der Waals surface area contributed by atoms with Gasteiger partial charge in [0.15, 0.2) is 0 Å². The number of H-pyrrole nitrogens is 1. The molecule has 4 rings (SSSR count). The molecule has 0 spiro atoms. The maximum absolute atomic E-state index is 12.6. The van der Waals surface area contributed by atoms with Crippen LogP contribution >= 0.6 is 23.4 Å². The van der Waals surface area contributed by atoms with Crippen LogP contribution in [0.15, 0.2) is 48.5 Å². The number of benzene rings is 2. The zero-order valence-corrected chi connectivity index (χ0v) is 18.2. The second-order valence-electron chi connectivity index (χ2n) is 7.27. The molecule has 1 fully saturated rings. The van der Waals surface area contributed by atoms with E-state index < -0.39 is 0 Å². The third kappa shape index (κ3) is 4.63. The van der Waals surface area contributed by atoms with Crippen molar-refractivity contribution in [1.82, 2.24) is 19.8 Å². The number of nitrogens with one attached hydrogen (secondary N) is 1. The Bertz CT molecular complexity index is 1010. The second kappa shape index (κ2) is 9.10. The number of aromatic nitrogens is 2. The molecule has 0 radical (unpaired) electrons. The molecule has 1 aliphatic rings. The van der Waals surface area contributed by atoms with E-state index in [4.69, 9.17) is 11.6 Å². The monoisotopic (exact) mass is 442 g/mol. The first-order valence-corrected chi connectivity index (χ1v) is 11.3. The van der Waals surface area contributed by atoms with Gasteiger partial charge in [-0.15, -0.1) is 11.8 Å². The first kappa shape index (κ1) is 20.8. The molecule has 1 atom stereocenters. The Labute approximate surface area is 184 Å². The fraction of sp³-hybridized carbons (Fsp3) is 0.318. The smallest absolute Gasteiger partial charge is 0.253 e. The molecule has 0 bridgehead atoms. The normalized spacial score (nSPS) is 15.4. The number of imidazole rings is 1. The Morgan fingerprint density at radius 2 is 1.73 bits per heavy atom. The molecule has 0 saturated carbocycles. The minimum atomic E-state index is -0.0216. The minimum Gasteiger partial charge on any atom is -0.341 e. The van der Waals surface area contributed by atoms with E-state index in [9.17, 15) is 9.59 Å². The Morgan fingerprint density at radius 3 is 2.43 bits per heavy atom. The third-order valence-corrected chi connectivity index (χ3v) is 6.65. The van der Waals surface area contributed by atoms with Gasteiger partial charge in [-0.3, -0.25) is 9.59 Å². The predicted octanol–water partition coefficient (Wildman–Crippen LogP) is 4.00. The summed E-state index contributed by atoms with van der Waals surface area (Å²) in [6.07, 6.45) is 0. The van der Waals surface area contributed by atoms with Gasteiger partial charge >= 0.3 is 0 Å². The molecular formula is C22H23ClN4O2S. The number of nitrogens with zero attached hydrogens (tertiary/aromatic N) is 3. The molecule has 1 aliphatic heterocycles. The van der Waals surface area contributed by atoms with Crippen molar-refractivity contribution in [3.05, 3.63) is 64.9 Å².